The van der Waals surface area contributed by atoms with Gasteiger partial charge in [-0.15, -0.1) is 0 Å². The Bertz CT molecular complexity index is 611. The number of hydrogen-bond donors (Lipinski definition) is 2. The van der Waals surface area contributed by atoms with E-state index >= 15 is 0 Å². The summed E-state index contributed by atoms with van der Waals surface area (Å²) in [6.45, 7) is 5.54. The lowest BCUT2D eigenvalue weighted by molar-refractivity contribution is 0.630. The highest BCUT2D eigenvalue weighted by atomic mass is 19.1. The summed E-state index contributed by atoms with van der Waals surface area (Å²) in [5, 5.41) is 6.02. The molecule has 0 spiro atoms. The van der Waals surface area contributed by atoms with Gasteiger partial charge in [-0.1, -0.05) is 6.07 Å². The van der Waals surface area contributed by atoms with Crippen molar-refractivity contribution in [3.8, 4) is 0 Å². The van der Waals surface area contributed by atoms with Gasteiger partial charge in [-0.3, -0.25) is 0 Å². The number of rotatable bonds is 3. The number of anilines is 3. The van der Waals surface area contributed by atoms with E-state index in [0.717, 1.165) is 16.9 Å². The van der Waals surface area contributed by atoms with E-state index in [9.17, 15) is 4.39 Å². The fraction of sp³-hybridized carbons (Fsp3) is 0.286. The first-order chi connectivity index (χ1) is 9.01. The van der Waals surface area contributed by atoms with Crippen LogP contribution in [0, 0.1) is 26.6 Å². The molecule has 1 aromatic heterocycles. The van der Waals surface area contributed by atoms with E-state index in [1.807, 2.05) is 19.9 Å². The summed E-state index contributed by atoms with van der Waals surface area (Å²) in [5.41, 5.74) is 2.15. The van der Waals surface area contributed by atoms with Crippen LogP contribution in [0.4, 0.5) is 21.7 Å². The van der Waals surface area contributed by atoms with Crippen LogP contribution >= 0.6 is 0 Å². The van der Waals surface area contributed by atoms with Crippen molar-refractivity contribution in [1.29, 1.82) is 0 Å². The Morgan fingerprint density at radius 1 is 1.05 bits per heavy atom. The van der Waals surface area contributed by atoms with Crippen molar-refractivity contribution in [2.45, 2.75) is 20.8 Å². The molecule has 0 atom stereocenters. The largest absolute Gasteiger partial charge is 0.373 e. The van der Waals surface area contributed by atoms with E-state index in [1.54, 1.807) is 20.0 Å². The summed E-state index contributed by atoms with van der Waals surface area (Å²) in [4.78, 5) is 8.59. The molecule has 4 nitrogen and oxygen atoms in total. The highest BCUT2D eigenvalue weighted by Crippen LogP contribution is 2.25. The molecule has 5 heteroatoms. The fourth-order valence-corrected chi connectivity index (χ4v) is 1.84. The van der Waals surface area contributed by atoms with Crippen LogP contribution < -0.4 is 10.6 Å². The Morgan fingerprint density at radius 2 is 1.74 bits per heavy atom. The smallest absolute Gasteiger partial charge is 0.146 e. The van der Waals surface area contributed by atoms with Crippen LogP contribution in [0.25, 0.3) is 0 Å². The molecule has 0 bridgehead atoms. The summed E-state index contributed by atoms with van der Waals surface area (Å²) in [6.07, 6.45) is 0. The minimum absolute atomic E-state index is 0.290. The van der Waals surface area contributed by atoms with Gasteiger partial charge in [0.25, 0.3) is 0 Å². The topological polar surface area (TPSA) is 49.8 Å². The molecule has 0 aliphatic carbocycles. The first-order valence-electron chi connectivity index (χ1n) is 6.07. The first kappa shape index (κ1) is 13.3. The molecule has 2 N–H and O–H groups in total. The van der Waals surface area contributed by atoms with Gasteiger partial charge in [0.2, 0.25) is 0 Å². The number of aryl methyl sites for hydroxylation is 2. The molecule has 0 aliphatic heterocycles. The maximum Gasteiger partial charge on any atom is 0.146 e. The van der Waals surface area contributed by atoms with Gasteiger partial charge >= 0.3 is 0 Å². The highest BCUT2D eigenvalue weighted by Gasteiger charge is 2.10. The Labute approximate surface area is 112 Å². The van der Waals surface area contributed by atoms with Crippen molar-refractivity contribution in [2.24, 2.45) is 0 Å². The molecule has 1 heterocycles. The van der Waals surface area contributed by atoms with Crippen molar-refractivity contribution in [1.82, 2.24) is 9.97 Å². The number of benzene rings is 1. The Morgan fingerprint density at radius 3 is 2.37 bits per heavy atom. The lowest BCUT2D eigenvalue weighted by atomic mass is 10.2. The molecule has 2 rings (SSSR count). The zero-order valence-corrected chi connectivity index (χ0v) is 11.5. The van der Waals surface area contributed by atoms with Crippen molar-refractivity contribution in [3.05, 3.63) is 41.0 Å². The minimum Gasteiger partial charge on any atom is -0.373 e. The fourth-order valence-electron chi connectivity index (χ4n) is 1.84. The van der Waals surface area contributed by atoms with E-state index in [-0.39, 0.29) is 5.82 Å². The van der Waals surface area contributed by atoms with Gasteiger partial charge < -0.3 is 10.6 Å². The Hall–Kier alpha value is -2.17. The number of halogens is 1. The Balaban J connectivity index is 2.40. The third-order valence-corrected chi connectivity index (χ3v) is 2.87. The molecular formula is C14H17FN4. The van der Waals surface area contributed by atoms with Gasteiger partial charge in [-0.2, -0.15) is 0 Å². The Kier molecular flexibility index (Phi) is 3.64. The third-order valence-electron chi connectivity index (χ3n) is 2.87. The molecule has 0 radical (unpaired) electrons. The molecule has 0 fully saturated rings. The SMILES string of the molecule is CNc1nc(C)nc(Nc2ccc(C)cc2F)c1C. The number of hydrogen-bond acceptors (Lipinski definition) is 4. The molecule has 2 aromatic rings. The van der Waals surface area contributed by atoms with E-state index in [1.165, 1.54) is 6.07 Å². The van der Waals surface area contributed by atoms with E-state index in [2.05, 4.69) is 20.6 Å². The van der Waals surface area contributed by atoms with Crippen molar-refractivity contribution in [2.75, 3.05) is 17.7 Å². The number of nitrogens with zero attached hydrogens (tertiary/aromatic N) is 2. The van der Waals surface area contributed by atoms with Crippen LogP contribution in [0.1, 0.15) is 17.0 Å². The van der Waals surface area contributed by atoms with Gasteiger partial charge in [0, 0.05) is 12.6 Å². The highest BCUT2D eigenvalue weighted by molar-refractivity contribution is 5.65. The number of nitrogens with one attached hydrogen (secondary N) is 2. The maximum absolute atomic E-state index is 13.8. The van der Waals surface area contributed by atoms with Gasteiger partial charge in [-0.05, 0) is 38.5 Å². The predicted molar refractivity (Wildman–Crippen MR) is 75.5 cm³/mol. The summed E-state index contributed by atoms with van der Waals surface area (Å²) < 4.78 is 13.8. The van der Waals surface area contributed by atoms with Crippen molar-refractivity contribution in [3.63, 3.8) is 0 Å². The second-order valence-electron chi connectivity index (χ2n) is 4.45. The average Bonchev–Trinajstić information content (AvgIpc) is 2.36. The van der Waals surface area contributed by atoms with Crippen LogP contribution in [0.3, 0.4) is 0 Å². The van der Waals surface area contributed by atoms with Gasteiger partial charge in [-0.25, -0.2) is 14.4 Å². The molecule has 0 aliphatic rings. The molecule has 100 valence electrons. The molecule has 1 aromatic carbocycles. The van der Waals surface area contributed by atoms with Crippen molar-refractivity contribution < 1.29 is 4.39 Å². The van der Waals surface area contributed by atoms with Crippen LogP contribution in [0.15, 0.2) is 18.2 Å². The normalized spacial score (nSPS) is 10.4. The molecule has 0 amide bonds. The summed E-state index contributed by atoms with van der Waals surface area (Å²) in [5.74, 6) is 1.69. The third kappa shape index (κ3) is 2.81. The number of aromatic nitrogens is 2. The first-order valence-corrected chi connectivity index (χ1v) is 6.07. The van der Waals surface area contributed by atoms with E-state index in [0.29, 0.717) is 17.3 Å². The summed E-state index contributed by atoms with van der Waals surface area (Å²) in [6, 6.07) is 5.05. The summed E-state index contributed by atoms with van der Waals surface area (Å²) >= 11 is 0. The van der Waals surface area contributed by atoms with E-state index in [4.69, 9.17) is 0 Å². The molecular weight excluding hydrogens is 243 g/mol. The van der Waals surface area contributed by atoms with Crippen LogP contribution in [-0.2, 0) is 0 Å². The van der Waals surface area contributed by atoms with Crippen molar-refractivity contribution >= 4 is 17.3 Å². The zero-order chi connectivity index (χ0) is 14.0. The second-order valence-corrected chi connectivity index (χ2v) is 4.45. The van der Waals surface area contributed by atoms with Gasteiger partial charge in [0.1, 0.15) is 23.3 Å². The lowest BCUT2D eigenvalue weighted by Gasteiger charge is -2.13. The zero-order valence-electron chi connectivity index (χ0n) is 11.5. The maximum atomic E-state index is 13.8. The molecule has 0 saturated heterocycles. The van der Waals surface area contributed by atoms with Crippen LogP contribution in [0.2, 0.25) is 0 Å². The quantitative estimate of drug-likeness (QED) is 0.888. The van der Waals surface area contributed by atoms with E-state index < -0.39 is 0 Å². The van der Waals surface area contributed by atoms with Crippen LogP contribution in [0.5, 0.6) is 0 Å². The summed E-state index contributed by atoms with van der Waals surface area (Å²) in [7, 11) is 1.80. The average molecular weight is 260 g/mol. The second kappa shape index (κ2) is 5.22. The molecule has 0 saturated carbocycles. The van der Waals surface area contributed by atoms with Gasteiger partial charge in [0.05, 0.1) is 5.69 Å². The molecule has 0 unspecified atom stereocenters. The minimum atomic E-state index is -0.290. The lowest BCUT2D eigenvalue weighted by Crippen LogP contribution is -2.06. The standard InChI is InChI=1S/C14H17FN4/c1-8-5-6-12(11(15)7-8)19-14-9(2)13(16-4)17-10(3)18-14/h5-7H,1-4H3,(H2,16,17,18,19). The molecule has 19 heavy (non-hydrogen) atoms. The van der Waals surface area contributed by atoms with Crippen LogP contribution in [-0.4, -0.2) is 17.0 Å². The monoisotopic (exact) mass is 260 g/mol. The van der Waals surface area contributed by atoms with Gasteiger partial charge in [0.15, 0.2) is 0 Å². The predicted octanol–water partition coefficient (Wildman–Crippen LogP) is 3.33.